The highest BCUT2D eigenvalue weighted by Crippen LogP contribution is 2.45. The van der Waals surface area contributed by atoms with Gasteiger partial charge in [-0.05, 0) is 23.6 Å². The Morgan fingerprint density at radius 1 is 0.958 bits per heavy atom. The highest BCUT2D eigenvalue weighted by molar-refractivity contribution is 5.85. The van der Waals surface area contributed by atoms with Gasteiger partial charge in [-0.3, -0.25) is 5.32 Å². The number of aromatic nitrogens is 1. The maximum atomic E-state index is 14.2. The van der Waals surface area contributed by atoms with E-state index < -0.39 is 11.7 Å². The number of para-hydroxylation sites is 1. The number of H-pyrrole nitrogens is 1. The van der Waals surface area contributed by atoms with Crippen LogP contribution in [0.25, 0.3) is 10.9 Å². The number of aromatic amines is 1. The fourth-order valence-electron chi connectivity index (χ4n) is 3.71. The van der Waals surface area contributed by atoms with Gasteiger partial charge >= 0.3 is 6.18 Å². The van der Waals surface area contributed by atoms with Crippen molar-refractivity contribution < 1.29 is 13.2 Å². The van der Waals surface area contributed by atoms with E-state index >= 15 is 0 Å². The highest BCUT2D eigenvalue weighted by atomic mass is 19.4. The van der Waals surface area contributed by atoms with Gasteiger partial charge < -0.3 is 4.98 Å². The summed E-state index contributed by atoms with van der Waals surface area (Å²) in [4.78, 5) is 3.05. The minimum absolute atomic E-state index is 0.128. The molecule has 3 aromatic rings. The van der Waals surface area contributed by atoms with Crippen molar-refractivity contribution in [1.82, 2.24) is 10.3 Å². The molecule has 0 saturated heterocycles. The predicted octanol–water partition coefficient (Wildman–Crippen LogP) is 4.31. The molecular weight excluding hydrogens is 313 g/mol. The molecule has 1 aliphatic rings. The Labute approximate surface area is 137 Å². The molecule has 24 heavy (non-hydrogen) atoms. The molecule has 124 valence electrons. The van der Waals surface area contributed by atoms with Gasteiger partial charge in [0, 0.05) is 29.6 Å². The van der Waals surface area contributed by atoms with E-state index in [1.165, 1.54) is 0 Å². The molecular formula is C19H17F3N2. The van der Waals surface area contributed by atoms with E-state index in [1.807, 2.05) is 30.3 Å². The Morgan fingerprint density at radius 2 is 1.67 bits per heavy atom. The fourth-order valence-corrected chi connectivity index (χ4v) is 3.71. The number of hydrogen-bond acceptors (Lipinski definition) is 1. The van der Waals surface area contributed by atoms with Crippen molar-refractivity contribution in [3.8, 4) is 0 Å². The van der Waals surface area contributed by atoms with Crippen molar-refractivity contribution in [1.29, 1.82) is 0 Å². The number of nitrogens with one attached hydrogen (secondary N) is 2. The van der Waals surface area contributed by atoms with Crippen LogP contribution in [-0.2, 0) is 18.4 Å². The van der Waals surface area contributed by atoms with Crippen molar-refractivity contribution in [2.45, 2.75) is 24.6 Å². The van der Waals surface area contributed by atoms with Gasteiger partial charge in [0.05, 0.1) is 0 Å². The summed E-state index contributed by atoms with van der Waals surface area (Å²) in [6.45, 7) is 0.307. The lowest BCUT2D eigenvalue weighted by Gasteiger charge is -2.40. The van der Waals surface area contributed by atoms with E-state index in [-0.39, 0.29) is 12.1 Å². The average molecular weight is 330 g/mol. The third-order valence-electron chi connectivity index (χ3n) is 4.84. The Morgan fingerprint density at radius 3 is 2.42 bits per heavy atom. The summed E-state index contributed by atoms with van der Waals surface area (Å²) in [5.74, 6) is 0. The predicted molar refractivity (Wildman–Crippen MR) is 87.9 cm³/mol. The molecule has 0 radical (unpaired) electrons. The first-order valence-electron chi connectivity index (χ1n) is 7.97. The van der Waals surface area contributed by atoms with Gasteiger partial charge in [-0.1, -0.05) is 48.5 Å². The standard InChI is InChI=1S/C19H17F3N2/c20-19(21,22)18(12-13-6-2-1-3-7-13)17-15(10-11-23-18)14-8-4-5-9-16(14)24-17/h1-9,23-24H,10-12H2. The lowest BCUT2D eigenvalue weighted by molar-refractivity contribution is -0.203. The normalized spacial score (nSPS) is 21.0. The summed E-state index contributed by atoms with van der Waals surface area (Å²) in [5, 5.41) is 3.67. The Bertz CT molecular complexity index is 867. The van der Waals surface area contributed by atoms with Gasteiger partial charge in [0.2, 0.25) is 0 Å². The van der Waals surface area contributed by atoms with Crippen molar-refractivity contribution >= 4 is 10.9 Å². The molecule has 0 amide bonds. The number of benzene rings is 2. The SMILES string of the molecule is FC(F)(F)C1(Cc2ccccc2)NCCc2c1[nH]c1ccccc21. The third kappa shape index (κ3) is 2.23. The van der Waals surface area contributed by atoms with Crippen LogP contribution in [0, 0.1) is 0 Å². The third-order valence-corrected chi connectivity index (χ3v) is 4.84. The van der Waals surface area contributed by atoms with Gasteiger partial charge in [0.25, 0.3) is 0 Å². The molecule has 0 spiro atoms. The lowest BCUT2D eigenvalue weighted by Crippen LogP contribution is -2.58. The monoisotopic (exact) mass is 330 g/mol. The van der Waals surface area contributed by atoms with Crippen LogP contribution in [0.1, 0.15) is 16.8 Å². The van der Waals surface area contributed by atoms with Crippen molar-refractivity contribution in [3.05, 3.63) is 71.4 Å². The average Bonchev–Trinajstić information content (AvgIpc) is 2.95. The number of rotatable bonds is 2. The van der Waals surface area contributed by atoms with Crippen LogP contribution in [-0.4, -0.2) is 17.7 Å². The minimum atomic E-state index is -4.40. The summed E-state index contributed by atoms with van der Waals surface area (Å²) in [6, 6.07) is 16.3. The van der Waals surface area contributed by atoms with Crippen LogP contribution >= 0.6 is 0 Å². The van der Waals surface area contributed by atoms with E-state index in [4.69, 9.17) is 0 Å². The van der Waals surface area contributed by atoms with Gasteiger partial charge in [-0.15, -0.1) is 0 Å². The molecule has 0 fully saturated rings. The smallest absolute Gasteiger partial charge is 0.356 e. The summed E-state index contributed by atoms with van der Waals surface area (Å²) in [6.07, 6.45) is -3.94. The maximum Gasteiger partial charge on any atom is 0.412 e. The number of fused-ring (bicyclic) bond motifs is 3. The quantitative estimate of drug-likeness (QED) is 0.720. The number of hydrogen-bond donors (Lipinski definition) is 2. The van der Waals surface area contributed by atoms with Crippen LogP contribution in [0.3, 0.4) is 0 Å². The molecule has 0 aliphatic carbocycles. The first-order valence-corrected chi connectivity index (χ1v) is 7.97. The second-order valence-electron chi connectivity index (χ2n) is 6.27. The van der Waals surface area contributed by atoms with Crippen LogP contribution < -0.4 is 5.32 Å². The molecule has 2 N–H and O–H groups in total. The molecule has 1 aromatic heterocycles. The molecule has 5 heteroatoms. The maximum absolute atomic E-state index is 14.2. The van der Waals surface area contributed by atoms with E-state index in [2.05, 4.69) is 10.3 Å². The topological polar surface area (TPSA) is 27.8 Å². The lowest BCUT2D eigenvalue weighted by atomic mass is 9.81. The van der Waals surface area contributed by atoms with Gasteiger partial charge in [0.15, 0.2) is 5.54 Å². The van der Waals surface area contributed by atoms with E-state index in [1.54, 1.807) is 24.3 Å². The molecule has 2 nitrogen and oxygen atoms in total. The molecule has 0 saturated carbocycles. The zero-order valence-electron chi connectivity index (χ0n) is 13.0. The van der Waals surface area contributed by atoms with Crippen molar-refractivity contribution in [2.75, 3.05) is 6.54 Å². The van der Waals surface area contributed by atoms with Crippen LogP contribution in [0.2, 0.25) is 0 Å². The highest BCUT2D eigenvalue weighted by Gasteiger charge is 2.58. The largest absolute Gasteiger partial charge is 0.412 e. The number of alkyl halides is 3. The fraction of sp³-hybridized carbons (Fsp3) is 0.263. The molecule has 2 heterocycles. The molecule has 1 unspecified atom stereocenters. The molecule has 1 atom stereocenters. The molecule has 0 bridgehead atoms. The van der Waals surface area contributed by atoms with Crippen molar-refractivity contribution in [3.63, 3.8) is 0 Å². The first kappa shape index (κ1) is 15.3. The van der Waals surface area contributed by atoms with Crippen LogP contribution in [0.4, 0.5) is 13.2 Å². The first-order chi connectivity index (χ1) is 11.5. The molecule has 2 aromatic carbocycles. The summed E-state index contributed by atoms with van der Waals surface area (Å²) in [7, 11) is 0. The summed E-state index contributed by atoms with van der Waals surface area (Å²) in [5.41, 5.74) is 0.367. The zero-order chi connectivity index (χ0) is 16.8. The second kappa shape index (κ2) is 5.38. The second-order valence-corrected chi connectivity index (χ2v) is 6.27. The summed E-state index contributed by atoms with van der Waals surface area (Å²) >= 11 is 0. The van der Waals surface area contributed by atoms with Gasteiger partial charge in [0.1, 0.15) is 0 Å². The van der Waals surface area contributed by atoms with E-state index in [0.29, 0.717) is 18.5 Å². The zero-order valence-corrected chi connectivity index (χ0v) is 13.0. The van der Waals surface area contributed by atoms with Crippen LogP contribution in [0.15, 0.2) is 54.6 Å². The molecule has 1 aliphatic heterocycles. The van der Waals surface area contributed by atoms with E-state index in [9.17, 15) is 13.2 Å². The Balaban J connectivity index is 1.93. The molecule has 4 rings (SSSR count). The van der Waals surface area contributed by atoms with Crippen molar-refractivity contribution in [2.24, 2.45) is 0 Å². The minimum Gasteiger partial charge on any atom is -0.356 e. The number of halogens is 3. The van der Waals surface area contributed by atoms with Gasteiger partial charge in [-0.25, -0.2) is 0 Å². The van der Waals surface area contributed by atoms with E-state index in [0.717, 1.165) is 16.5 Å². The van der Waals surface area contributed by atoms with Crippen LogP contribution in [0.5, 0.6) is 0 Å². The Hall–Kier alpha value is -2.27. The Kier molecular flexibility index (Phi) is 3.42. The summed E-state index contributed by atoms with van der Waals surface area (Å²) < 4.78 is 42.6. The van der Waals surface area contributed by atoms with Gasteiger partial charge in [-0.2, -0.15) is 13.2 Å².